The maximum Gasteiger partial charge on any atom is 0.145 e. The van der Waals surface area contributed by atoms with E-state index in [1.165, 1.54) is 0 Å². The molecule has 0 amide bonds. The Balaban J connectivity index is 2.19. The summed E-state index contributed by atoms with van der Waals surface area (Å²) in [6.45, 7) is 0. The van der Waals surface area contributed by atoms with Crippen LogP contribution in [0.4, 0.5) is 0 Å². The summed E-state index contributed by atoms with van der Waals surface area (Å²) >= 11 is 4.93. The standard InChI is InChI=1S/C11H6BrN3S/c12-9-4-3-8-11(15-9)16-10(14-8)7-2-1-5-13-6-7/h1-6H. The summed E-state index contributed by atoms with van der Waals surface area (Å²) in [6.07, 6.45) is 3.57. The zero-order valence-electron chi connectivity index (χ0n) is 8.09. The molecule has 3 nitrogen and oxygen atoms in total. The van der Waals surface area contributed by atoms with Crippen LogP contribution in [0.15, 0.2) is 41.3 Å². The van der Waals surface area contributed by atoms with Crippen molar-refractivity contribution in [1.82, 2.24) is 15.0 Å². The average molecular weight is 292 g/mol. The number of pyridine rings is 2. The molecule has 0 saturated heterocycles. The van der Waals surface area contributed by atoms with Gasteiger partial charge in [-0.3, -0.25) is 4.98 Å². The monoisotopic (exact) mass is 291 g/mol. The minimum Gasteiger partial charge on any atom is -0.264 e. The Bertz CT molecular complexity index is 636. The molecule has 5 heteroatoms. The smallest absolute Gasteiger partial charge is 0.145 e. The fraction of sp³-hybridized carbons (Fsp3) is 0. The van der Waals surface area contributed by atoms with E-state index in [0.29, 0.717) is 0 Å². The van der Waals surface area contributed by atoms with E-state index in [1.54, 1.807) is 17.5 Å². The van der Waals surface area contributed by atoms with Crippen LogP contribution in [0.25, 0.3) is 20.9 Å². The molecule has 78 valence electrons. The highest BCUT2D eigenvalue weighted by Crippen LogP contribution is 2.29. The van der Waals surface area contributed by atoms with E-state index in [-0.39, 0.29) is 0 Å². The molecule has 3 aromatic heterocycles. The Morgan fingerprint density at radius 3 is 2.88 bits per heavy atom. The third-order valence-electron chi connectivity index (χ3n) is 2.13. The number of fused-ring (bicyclic) bond motifs is 1. The lowest BCUT2D eigenvalue weighted by Gasteiger charge is -1.91. The van der Waals surface area contributed by atoms with Crippen LogP contribution in [0.2, 0.25) is 0 Å². The minimum atomic E-state index is 0.835. The van der Waals surface area contributed by atoms with Gasteiger partial charge in [0.15, 0.2) is 0 Å². The van der Waals surface area contributed by atoms with Crippen LogP contribution in [0.5, 0.6) is 0 Å². The number of aromatic nitrogens is 3. The number of hydrogen-bond acceptors (Lipinski definition) is 4. The molecular formula is C11H6BrN3S. The maximum absolute atomic E-state index is 4.52. The predicted octanol–water partition coefficient (Wildman–Crippen LogP) is 3.52. The van der Waals surface area contributed by atoms with Crippen molar-refractivity contribution in [2.24, 2.45) is 0 Å². The van der Waals surface area contributed by atoms with Gasteiger partial charge in [0, 0.05) is 18.0 Å². The third kappa shape index (κ3) is 1.72. The zero-order chi connectivity index (χ0) is 11.0. The van der Waals surface area contributed by atoms with Gasteiger partial charge in [0.1, 0.15) is 20.0 Å². The summed E-state index contributed by atoms with van der Waals surface area (Å²) in [5.41, 5.74) is 1.95. The van der Waals surface area contributed by atoms with Crippen molar-refractivity contribution in [3.8, 4) is 10.6 Å². The summed E-state index contributed by atoms with van der Waals surface area (Å²) in [4.78, 5) is 13.9. The topological polar surface area (TPSA) is 38.7 Å². The van der Waals surface area contributed by atoms with E-state index in [0.717, 1.165) is 25.5 Å². The lowest BCUT2D eigenvalue weighted by atomic mass is 10.3. The second kappa shape index (κ2) is 3.92. The maximum atomic E-state index is 4.52. The predicted molar refractivity (Wildman–Crippen MR) is 68.3 cm³/mol. The fourth-order valence-corrected chi connectivity index (χ4v) is 2.76. The second-order valence-electron chi connectivity index (χ2n) is 3.22. The van der Waals surface area contributed by atoms with Crippen molar-refractivity contribution in [2.75, 3.05) is 0 Å². The summed E-state index contributed by atoms with van der Waals surface area (Å²) in [5.74, 6) is 0. The zero-order valence-corrected chi connectivity index (χ0v) is 10.5. The molecule has 0 bridgehead atoms. The molecule has 0 N–H and O–H groups in total. The number of halogens is 1. The first-order valence-electron chi connectivity index (χ1n) is 4.66. The first-order valence-corrected chi connectivity index (χ1v) is 6.27. The van der Waals surface area contributed by atoms with Gasteiger partial charge in [0.2, 0.25) is 0 Å². The van der Waals surface area contributed by atoms with Gasteiger partial charge in [0.05, 0.1) is 0 Å². The summed E-state index contributed by atoms with van der Waals surface area (Å²) in [7, 11) is 0. The number of nitrogens with zero attached hydrogens (tertiary/aromatic N) is 3. The molecule has 3 rings (SSSR count). The van der Waals surface area contributed by atoms with Gasteiger partial charge in [-0.15, -0.1) is 0 Å². The van der Waals surface area contributed by atoms with Crippen molar-refractivity contribution >= 4 is 37.6 Å². The minimum absolute atomic E-state index is 0.835. The van der Waals surface area contributed by atoms with E-state index in [9.17, 15) is 0 Å². The average Bonchev–Trinajstić information content (AvgIpc) is 2.73. The van der Waals surface area contributed by atoms with E-state index in [2.05, 4.69) is 30.9 Å². The summed E-state index contributed by atoms with van der Waals surface area (Å²) < 4.78 is 0.835. The molecule has 0 radical (unpaired) electrons. The summed E-state index contributed by atoms with van der Waals surface area (Å²) in [5, 5.41) is 0.953. The van der Waals surface area contributed by atoms with Crippen molar-refractivity contribution in [2.45, 2.75) is 0 Å². The summed E-state index contributed by atoms with van der Waals surface area (Å²) in [6, 6.07) is 7.77. The third-order valence-corrected chi connectivity index (χ3v) is 3.59. The Hall–Kier alpha value is -1.33. The van der Waals surface area contributed by atoms with E-state index >= 15 is 0 Å². The molecule has 3 aromatic rings. The van der Waals surface area contributed by atoms with Crippen molar-refractivity contribution in [3.63, 3.8) is 0 Å². The molecule has 0 spiro atoms. The Morgan fingerprint density at radius 1 is 1.12 bits per heavy atom. The van der Waals surface area contributed by atoms with Crippen molar-refractivity contribution in [1.29, 1.82) is 0 Å². The Kier molecular flexibility index (Phi) is 2.41. The molecule has 0 aliphatic heterocycles. The molecule has 0 aromatic carbocycles. The molecular weight excluding hydrogens is 286 g/mol. The fourth-order valence-electron chi connectivity index (χ4n) is 1.41. The Labute approximate surface area is 104 Å². The van der Waals surface area contributed by atoms with Crippen LogP contribution in [0.3, 0.4) is 0 Å². The highest BCUT2D eigenvalue weighted by molar-refractivity contribution is 9.10. The lowest BCUT2D eigenvalue weighted by Crippen LogP contribution is -1.76. The largest absolute Gasteiger partial charge is 0.264 e. The molecule has 0 aliphatic rings. The normalized spacial score (nSPS) is 10.8. The van der Waals surface area contributed by atoms with Gasteiger partial charge >= 0.3 is 0 Å². The van der Waals surface area contributed by atoms with Crippen LogP contribution in [0.1, 0.15) is 0 Å². The second-order valence-corrected chi connectivity index (χ2v) is 5.01. The first-order chi connectivity index (χ1) is 7.83. The van der Waals surface area contributed by atoms with Gasteiger partial charge in [0.25, 0.3) is 0 Å². The van der Waals surface area contributed by atoms with Crippen LogP contribution in [0, 0.1) is 0 Å². The van der Waals surface area contributed by atoms with Gasteiger partial charge in [-0.25, -0.2) is 9.97 Å². The van der Waals surface area contributed by atoms with Crippen molar-refractivity contribution < 1.29 is 0 Å². The molecule has 0 aliphatic carbocycles. The molecule has 16 heavy (non-hydrogen) atoms. The van der Waals surface area contributed by atoms with E-state index in [1.807, 2.05) is 30.5 Å². The van der Waals surface area contributed by atoms with Gasteiger partial charge in [-0.05, 0) is 40.2 Å². The number of thiazole rings is 1. The van der Waals surface area contributed by atoms with Crippen LogP contribution in [-0.2, 0) is 0 Å². The lowest BCUT2D eigenvalue weighted by molar-refractivity contribution is 1.32. The van der Waals surface area contributed by atoms with Gasteiger partial charge in [-0.2, -0.15) is 0 Å². The van der Waals surface area contributed by atoms with Gasteiger partial charge in [-0.1, -0.05) is 11.3 Å². The van der Waals surface area contributed by atoms with Crippen molar-refractivity contribution in [3.05, 3.63) is 41.3 Å². The first kappa shape index (κ1) is 9.86. The van der Waals surface area contributed by atoms with Crippen LogP contribution < -0.4 is 0 Å². The molecule has 0 atom stereocenters. The quantitative estimate of drug-likeness (QED) is 0.644. The SMILES string of the molecule is Brc1ccc2nc(-c3cccnc3)sc2n1. The molecule has 3 heterocycles. The number of rotatable bonds is 1. The molecule has 0 fully saturated rings. The van der Waals surface area contributed by atoms with Crippen LogP contribution >= 0.6 is 27.3 Å². The van der Waals surface area contributed by atoms with E-state index in [4.69, 9.17) is 0 Å². The molecule has 0 unspecified atom stereocenters. The van der Waals surface area contributed by atoms with Crippen LogP contribution in [-0.4, -0.2) is 15.0 Å². The highest BCUT2D eigenvalue weighted by atomic mass is 79.9. The highest BCUT2D eigenvalue weighted by Gasteiger charge is 2.07. The molecule has 0 saturated carbocycles. The Morgan fingerprint density at radius 2 is 2.06 bits per heavy atom. The number of hydrogen-bond donors (Lipinski definition) is 0. The van der Waals surface area contributed by atoms with E-state index < -0.39 is 0 Å². The van der Waals surface area contributed by atoms with Gasteiger partial charge < -0.3 is 0 Å².